The van der Waals surface area contributed by atoms with Gasteiger partial charge >= 0.3 is 6.03 Å². The van der Waals surface area contributed by atoms with Crippen LogP contribution >= 0.6 is 0 Å². The molecule has 35 heavy (non-hydrogen) atoms. The molecule has 1 aliphatic carbocycles. The van der Waals surface area contributed by atoms with Crippen LogP contribution in [0.1, 0.15) is 56.9 Å². The summed E-state index contributed by atoms with van der Waals surface area (Å²) >= 11 is 0. The summed E-state index contributed by atoms with van der Waals surface area (Å²) in [6.07, 6.45) is 7.92. The molecule has 1 aromatic heterocycles. The van der Waals surface area contributed by atoms with Gasteiger partial charge in [0, 0.05) is 12.0 Å². The fourth-order valence-corrected chi connectivity index (χ4v) is 4.88. The van der Waals surface area contributed by atoms with Crippen molar-refractivity contribution >= 4 is 33.2 Å². The second-order valence-corrected chi connectivity index (χ2v) is 10.1. The number of aromatic nitrogens is 2. The number of para-hydroxylation sites is 1. The number of nitrogens with zero attached hydrogens (tertiary/aromatic N) is 1. The fraction of sp³-hybridized carbons (Fsp3) is 0.360. The lowest BCUT2D eigenvalue weighted by atomic mass is 9.96. The molecule has 1 aliphatic rings. The highest BCUT2D eigenvalue weighted by atomic mass is 32.2. The SMILES string of the molecule is CCC(C=O)c1ccc(S(=O)(=O)NC(=O)NC2CCCCC2)cc1.O=c1[nH]cnc2ccccc12. The highest BCUT2D eigenvalue weighted by Gasteiger charge is 2.21. The molecule has 2 amide bonds. The second kappa shape index (κ2) is 12.3. The zero-order chi connectivity index (χ0) is 25.3. The Morgan fingerprint density at radius 3 is 2.43 bits per heavy atom. The third-order valence-corrected chi connectivity index (χ3v) is 7.28. The Morgan fingerprint density at radius 1 is 1.11 bits per heavy atom. The summed E-state index contributed by atoms with van der Waals surface area (Å²) in [5.41, 5.74) is 1.41. The Hall–Kier alpha value is -3.53. The van der Waals surface area contributed by atoms with Crippen LogP contribution in [-0.4, -0.2) is 36.7 Å². The van der Waals surface area contributed by atoms with Crippen LogP contribution in [0.15, 0.2) is 64.5 Å². The first kappa shape index (κ1) is 26.1. The van der Waals surface area contributed by atoms with Gasteiger partial charge in [0.2, 0.25) is 0 Å². The molecule has 1 heterocycles. The largest absolute Gasteiger partial charge is 0.335 e. The van der Waals surface area contributed by atoms with Crippen molar-refractivity contribution in [3.8, 4) is 0 Å². The number of sulfonamides is 1. The first-order valence-electron chi connectivity index (χ1n) is 11.6. The highest BCUT2D eigenvalue weighted by molar-refractivity contribution is 7.90. The van der Waals surface area contributed by atoms with E-state index >= 15 is 0 Å². The topological polar surface area (TPSA) is 138 Å². The van der Waals surface area contributed by atoms with E-state index in [4.69, 9.17) is 0 Å². The number of nitrogens with one attached hydrogen (secondary N) is 3. The van der Waals surface area contributed by atoms with E-state index in [1.165, 1.54) is 18.5 Å². The average Bonchev–Trinajstić information content (AvgIpc) is 2.86. The molecule has 0 radical (unpaired) electrons. The van der Waals surface area contributed by atoms with Gasteiger partial charge in [-0.05, 0) is 49.1 Å². The number of benzene rings is 2. The number of hydrogen-bond acceptors (Lipinski definition) is 6. The number of carbonyl (C=O) groups is 2. The van der Waals surface area contributed by atoms with Gasteiger partial charge < -0.3 is 15.1 Å². The smallest absolute Gasteiger partial charge is 0.328 e. The molecule has 2 aromatic carbocycles. The van der Waals surface area contributed by atoms with Gasteiger partial charge in [-0.3, -0.25) is 4.79 Å². The van der Waals surface area contributed by atoms with E-state index in [1.807, 2.05) is 29.8 Å². The maximum absolute atomic E-state index is 12.3. The molecular weight excluding hydrogens is 468 g/mol. The molecule has 1 saturated carbocycles. The van der Waals surface area contributed by atoms with Gasteiger partial charge in [0.25, 0.3) is 15.6 Å². The summed E-state index contributed by atoms with van der Waals surface area (Å²) in [6, 6.07) is 12.6. The van der Waals surface area contributed by atoms with Crippen molar-refractivity contribution in [2.45, 2.75) is 62.3 Å². The first-order chi connectivity index (χ1) is 16.8. The minimum atomic E-state index is -3.92. The van der Waals surface area contributed by atoms with Crippen LogP contribution in [0, 0.1) is 0 Å². The number of rotatable bonds is 6. The lowest BCUT2D eigenvalue weighted by Gasteiger charge is -2.22. The van der Waals surface area contributed by atoms with Crippen molar-refractivity contribution in [1.82, 2.24) is 20.0 Å². The van der Waals surface area contributed by atoms with Crippen LogP contribution in [0.2, 0.25) is 0 Å². The quantitative estimate of drug-likeness (QED) is 0.444. The van der Waals surface area contributed by atoms with Crippen LogP contribution in [0.4, 0.5) is 4.79 Å². The van der Waals surface area contributed by atoms with Crippen LogP contribution in [0.3, 0.4) is 0 Å². The molecule has 0 spiro atoms. The molecule has 3 N–H and O–H groups in total. The number of H-pyrrole nitrogens is 1. The fourth-order valence-electron chi connectivity index (χ4n) is 3.96. The zero-order valence-corrected chi connectivity index (χ0v) is 20.4. The second-order valence-electron chi connectivity index (χ2n) is 8.38. The van der Waals surface area contributed by atoms with Crippen molar-refractivity contribution in [2.75, 3.05) is 0 Å². The van der Waals surface area contributed by atoms with Crippen molar-refractivity contribution in [3.05, 3.63) is 70.8 Å². The molecule has 186 valence electrons. The first-order valence-corrected chi connectivity index (χ1v) is 13.1. The summed E-state index contributed by atoms with van der Waals surface area (Å²) in [5.74, 6) is -0.246. The third kappa shape index (κ3) is 7.22. The van der Waals surface area contributed by atoms with Gasteiger partial charge in [0.15, 0.2) is 0 Å². The van der Waals surface area contributed by atoms with E-state index in [2.05, 4.69) is 15.3 Å². The maximum Gasteiger partial charge on any atom is 0.328 e. The van der Waals surface area contributed by atoms with E-state index in [1.54, 1.807) is 18.2 Å². The van der Waals surface area contributed by atoms with E-state index < -0.39 is 16.1 Å². The van der Waals surface area contributed by atoms with Crippen molar-refractivity contribution in [2.24, 2.45) is 0 Å². The molecule has 1 fully saturated rings. The molecule has 1 atom stereocenters. The van der Waals surface area contributed by atoms with Gasteiger partial charge in [0.1, 0.15) is 6.29 Å². The van der Waals surface area contributed by atoms with E-state index in [0.29, 0.717) is 11.8 Å². The molecule has 0 bridgehead atoms. The third-order valence-electron chi connectivity index (χ3n) is 5.94. The van der Waals surface area contributed by atoms with Crippen molar-refractivity contribution < 1.29 is 18.0 Å². The molecule has 3 aromatic rings. The van der Waals surface area contributed by atoms with Gasteiger partial charge in [-0.2, -0.15) is 0 Å². The normalized spacial score (nSPS) is 14.9. The van der Waals surface area contributed by atoms with Gasteiger partial charge in [-0.15, -0.1) is 0 Å². The molecule has 9 nitrogen and oxygen atoms in total. The Labute approximate surface area is 204 Å². The minimum Gasteiger partial charge on any atom is -0.335 e. The minimum absolute atomic E-state index is 0.00537. The van der Waals surface area contributed by atoms with Crippen LogP contribution in [0.25, 0.3) is 10.9 Å². The number of urea groups is 1. The van der Waals surface area contributed by atoms with E-state index in [9.17, 15) is 22.8 Å². The number of hydrogen-bond donors (Lipinski definition) is 3. The number of carbonyl (C=O) groups excluding carboxylic acids is 2. The predicted molar refractivity (Wildman–Crippen MR) is 134 cm³/mol. The Kier molecular flexibility index (Phi) is 9.13. The van der Waals surface area contributed by atoms with Crippen molar-refractivity contribution in [1.29, 1.82) is 0 Å². The number of fused-ring (bicyclic) bond motifs is 1. The Balaban J connectivity index is 0.000000256. The number of amides is 2. The summed E-state index contributed by atoms with van der Waals surface area (Å²) in [5, 5.41) is 3.35. The lowest BCUT2D eigenvalue weighted by Crippen LogP contribution is -2.45. The molecule has 0 aliphatic heterocycles. The molecule has 4 rings (SSSR count). The van der Waals surface area contributed by atoms with Gasteiger partial charge in [-0.1, -0.05) is 50.5 Å². The summed E-state index contributed by atoms with van der Waals surface area (Å²) in [6.45, 7) is 1.89. The molecule has 0 saturated heterocycles. The maximum atomic E-state index is 12.3. The number of aldehydes is 1. The highest BCUT2D eigenvalue weighted by Crippen LogP contribution is 2.20. The van der Waals surface area contributed by atoms with E-state index in [-0.39, 0.29) is 22.4 Å². The molecule has 1 unspecified atom stereocenters. The standard InChI is InChI=1S/C17H24N2O4S.C8H6N2O/c1-2-13(12-20)14-8-10-16(11-9-14)24(22,23)19-17(21)18-15-6-4-3-5-7-15;11-8-6-3-1-2-4-7(6)9-5-10-8/h8-13,15H,2-7H2,1H3,(H2,18,19,21);1-5H,(H,9,10,11). The Bertz CT molecular complexity index is 1290. The molecule has 10 heteroatoms. The monoisotopic (exact) mass is 498 g/mol. The van der Waals surface area contributed by atoms with E-state index in [0.717, 1.165) is 49.5 Å². The zero-order valence-electron chi connectivity index (χ0n) is 19.6. The lowest BCUT2D eigenvalue weighted by molar-refractivity contribution is -0.109. The predicted octanol–water partition coefficient (Wildman–Crippen LogP) is 3.62. The molecular formula is C25H30N4O5S. The van der Waals surface area contributed by atoms with Crippen LogP contribution in [0.5, 0.6) is 0 Å². The van der Waals surface area contributed by atoms with Gasteiger partial charge in [0.05, 0.1) is 22.1 Å². The van der Waals surface area contributed by atoms with Crippen LogP contribution in [-0.2, 0) is 14.8 Å². The Morgan fingerprint density at radius 2 is 1.80 bits per heavy atom. The summed E-state index contributed by atoms with van der Waals surface area (Å²) in [4.78, 5) is 40.5. The average molecular weight is 499 g/mol. The van der Waals surface area contributed by atoms with Crippen molar-refractivity contribution in [3.63, 3.8) is 0 Å². The van der Waals surface area contributed by atoms with Crippen LogP contribution < -0.4 is 15.6 Å². The van der Waals surface area contributed by atoms with Gasteiger partial charge in [-0.25, -0.2) is 22.9 Å². The number of aromatic amines is 1. The summed E-state index contributed by atoms with van der Waals surface area (Å²) in [7, 11) is -3.92. The summed E-state index contributed by atoms with van der Waals surface area (Å²) < 4.78 is 26.6.